The average molecular weight is 338 g/mol. The van der Waals surface area contributed by atoms with Crippen molar-refractivity contribution in [1.29, 1.82) is 0 Å². The fraction of sp³-hybridized carbons (Fsp3) is 0.250. The molecule has 0 saturated carbocycles. The zero-order chi connectivity index (χ0) is 18.4. The van der Waals surface area contributed by atoms with Gasteiger partial charge in [-0.3, -0.25) is 19.3 Å². The number of carbonyl (C=O) groups excluding carboxylic acids is 3. The molecule has 0 aliphatic carbocycles. The minimum Gasteiger partial charge on any atom is -0.342 e. The Morgan fingerprint density at radius 3 is 1.84 bits per heavy atom. The van der Waals surface area contributed by atoms with Crippen LogP contribution in [0.2, 0.25) is 0 Å². The Kier molecular flexibility index (Phi) is 6.06. The van der Waals surface area contributed by atoms with Crippen molar-refractivity contribution in [1.82, 2.24) is 9.80 Å². The van der Waals surface area contributed by atoms with Gasteiger partial charge >= 0.3 is 0 Å². The van der Waals surface area contributed by atoms with Crippen molar-refractivity contribution < 1.29 is 14.4 Å². The SMILES string of the molecule is CCCN(C)C(=O)c1ccccc1C(=O)N(C)C(=O)c1ccccc1. The maximum Gasteiger partial charge on any atom is 0.261 e. The van der Waals surface area contributed by atoms with Gasteiger partial charge in [-0.05, 0) is 30.7 Å². The predicted molar refractivity (Wildman–Crippen MR) is 96.6 cm³/mol. The van der Waals surface area contributed by atoms with Crippen LogP contribution >= 0.6 is 0 Å². The number of imide groups is 1. The van der Waals surface area contributed by atoms with Gasteiger partial charge in [-0.1, -0.05) is 37.3 Å². The summed E-state index contributed by atoms with van der Waals surface area (Å²) in [6, 6.07) is 15.2. The van der Waals surface area contributed by atoms with Crippen LogP contribution in [0.3, 0.4) is 0 Å². The first-order valence-corrected chi connectivity index (χ1v) is 8.19. The van der Waals surface area contributed by atoms with E-state index in [1.807, 2.05) is 6.92 Å². The Morgan fingerprint density at radius 1 is 0.760 bits per heavy atom. The molecule has 2 aromatic rings. The number of rotatable bonds is 5. The van der Waals surface area contributed by atoms with E-state index in [1.54, 1.807) is 66.5 Å². The summed E-state index contributed by atoms with van der Waals surface area (Å²) in [4.78, 5) is 40.5. The largest absolute Gasteiger partial charge is 0.342 e. The van der Waals surface area contributed by atoms with E-state index < -0.39 is 11.8 Å². The molecule has 0 N–H and O–H groups in total. The fourth-order valence-electron chi connectivity index (χ4n) is 2.55. The van der Waals surface area contributed by atoms with Crippen LogP contribution in [0.4, 0.5) is 0 Å². The van der Waals surface area contributed by atoms with Gasteiger partial charge in [0.25, 0.3) is 17.7 Å². The second kappa shape index (κ2) is 8.24. The maximum absolute atomic E-state index is 12.8. The van der Waals surface area contributed by atoms with Crippen molar-refractivity contribution in [3.05, 3.63) is 71.3 Å². The molecule has 2 rings (SSSR count). The monoisotopic (exact) mass is 338 g/mol. The lowest BCUT2D eigenvalue weighted by Gasteiger charge is -2.20. The van der Waals surface area contributed by atoms with E-state index in [0.29, 0.717) is 17.7 Å². The summed E-state index contributed by atoms with van der Waals surface area (Å²) < 4.78 is 0. The third-order valence-electron chi connectivity index (χ3n) is 3.92. The van der Waals surface area contributed by atoms with Gasteiger partial charge < -0.3 is 4.90 Å². The molecule has 5 heteroatoms. The van der Waals surface area contributed by atoms with Gasteiger partial charge in [0.1, 0.15) is 0 Å². The normalized spacial score (nSPS) is 10.2. The molecule has 0 bridgehead atoms. The maximum atomic E-state index is 12.8. The number of amides is 3. The summed E-state index contributed by atoms with van der Waals surface area (Å²) in [7, 11) is 3.13. The van der Waals surface area contributed by atoms with E-state index in [4.69, 9.17) is 0 Å². The molecular formula is C20H22N2O3. The standard InChI is InChI=1S/C20H22N2O3/c1-4-14-21(2)19(24)16-12-8-9-13-17(16)20(25)22(3)18(23)15-10-6-5-7-11-15/h5-13H,4,14H2,1-3H3. The van der Waals surface area contributed by atoms with Crippen molar-refractivity contribution in [2.75, 3.05) is 20.6 Å². The Morgan fingerprint density at radius 2 is 1.28 bits per heavy atom. The first kappa shape index (κ1) is 18.4. The van der Waals surface area contributed by atoms with Crippen molar-refractivity contribution in [3.8, 4) is 0 Å². The highest BCUT2D eigenvalue weighted by Gasteiger charge is 2.25. The molecule has 0 aliphatic rings. The highest BCUT2D eigenvalue weighted by Crippen LogP contribution is 2.15. The minimum atomic E-state index is -0.497. The van der Waals surface area contributed by atoms with Crippen molar-refractivity contribution in [3.63, 3.8) is 0 Å². The van der Waals surface area contributed by atoms with Crippen LogP contribution in [0, 0.1) is 0 Å². The molecule has 3 amide bonds. The van der Waals surface area contributed by atoms with Crippen LogP contribution in [0.15, 0.2) is 54.6 Å². The number of hydrogen-bond acceptors (Lipinski definition) is 3. The van der Waals surface area contributed by atoms with Gasteiger partial charge in [-0.15, -0.1) is 0 Å². The third-order valence-corrected chi connectivity index (χ3v) is 3.92. The van der Waals surface area contributed by atoms with E-state index in [2.05, 4.69) is 0 Å². The Balaban J connectivity index is 2.30. The van der Waals surface area contributed by atoms with Gasteiger partial charge in [0.05, 0.1) is 11.1 Å². The molecule has 0 spiro atoms. The van der Waals surface area contributed by atoms with Crippen molar-refractivity contribution >= 4 is 17.7 Å². The molecule has 0 atom stereocenters. The number of carbonyl (C=O) groups is 3. The third kappa shape index (κ3) is 4.12. The van der Waals surface area contributed by atoms with Gasteiger partial charge in [0.2, 0.25) is 0 Å². The zero-order valence-electron chi connectivity index (χ0n) is 14.7. The molecule has 0 aromatic heterocycles. The molecule has 0 radical (unpaired) electrons. The molecule has 0 heterocycles. The minimum absolute atomic E-state index is 0.224. The molecule has 130 valence electrons. The summed E-state index contributed by atoms with van der Waals surface area (Å²) in [5, 5.41) is 0. The van der Waals surface area contributed by atoms with Crippen LogP contribution in [0.25, 0.3) is 0 Å². The molecule has 0 aliphatic heterocycles. The summed E-state index contributed by atoms with van der Waals surface area (Å²) in [6.07, 6.45) is 0.824. The Hall–Kier alpha value is -2.95. The Labute approximate surface area is 147 Å². The van der Waals surface area contributed by atoms with E-state index in [9.17, 15) is 14.4 Å². The molecule has 5 nitrogen and oxygen atoms in total. The van der Waals surface area contributed by atoms with Gasteiger partial charge in [-0.2, -0.15) is 0 Å². The van der Waals surface area contributed by atoms with E-state index in [0.717, 1.165) is 11.3 Å². The lowest BCUT2D eigenvalue weighted by Crippen LogP contribution is -2.35. The van der Waals surface area contributed by atoms with E-state index in [-0.39, 0.29) is 11.5 Å². The lowest BCUT2D eigenvalue weighted by molar-refractivity contribution is 0.0648. The first-order valence-electron chi connectivity index (χ1n) is 8.19. The highest BCUT2D eigenvalue weighted by atomic mass is 16.2. The van der Waals surface area contributed by atoms with Crippen LogP contribution in [0.5, 0.6) is 0 Å². The van der Waals surface area contributed by atoms with Gasteiger partial charge in [-0.25, -0.2) is 0 Å². The van der Waals surface area contributed by atoms with Gasteiger partial charge in [0.15, 0.2) is 0 Å². The number of nitrogens with zero attached hydrogens (tertiary/aromatic N) is 2. The highest BCUT2D eigenvalue weighted by molar-refractivity contribution is 6.14. The van der Waals surface area contributed by atoms with E-state index in [1.165, 1.54) is 7.05 Å². The van der Waals surface area contributed by atoms with Gasteiger partial charge in [0, 0.05) is 26.2 Å². The lowest BCUT2D eigenvalue weighted by atomic mass is 10.0. The smallest absolute Gasteiger partial charge is 0.261 e. The van der Waals surface area contributed by atoms with Crippen LogP contribution < -0.4 is 0 Å². The zero-order valence-corrected chi connectivity index (χ0v) is 14.7. The second-order valence-electron chi connectivity index (χ2n) is 5.81. The summed E-state index contributed by atoms with van der Waals surface area (Å²) >= 11 is 0. The van der Waals surface area contributed by atoms with Crippen molar-refractivity contribution in [2.45, 2.75) is 13.3 Å². The number of hydrogen-bond donors (Lipinski definition) is 0. The fourth-order valence-corrected chi connectivity index (χ4v) is 2.55. The quantitative estimate of drug-likeness (QED) is 0.787. The molecule has 25 heavy (non-hydrogen) atoms. The summed E-state index contributed by atoms with van der Waals surface area (Å²) in [5.41, 5.74) is 0.948. The molecule has 0 fully saturated rings. The second-order valence-corrected chi connectivity index (χ2v) is 5.81. The predicted octanol–water partition coefficient (Wildman–Crippen LogP) is 3.08. The van der Waals surface area contributed by atoms with Crippen LogP contribution in [-0.2, 0) is 0 Å². The molecule has 2 aromatic carbocycles. The molecular weight excluding hydrogens is 316 g/mol. The van der Waals surface area contributed by atoms with Crippen molar-refractivity contribution in [2.24, 2.45) is 0 Å². The summed E-state index contributed by atoms with van der Waals surface area (Å²) in [6.45, 7) is 2.58. The van der Waals surface area contributed by atoms with E-state index >= 15 is 0 Å². The first-order chi connectivity index (χ1) is 12.0. The van der Waals surface area contributed by atoms with Crippen LogP contribution in [0.1, 0.15) is 44.4 Å². The number of benzene rings is 2. The van der Waals surface area contributed by atoms with Crippen LogP contribution in [-0.4, -0.2) is 48.2 Å². The topological polar surface area (TPSA) is 57.7 Å². The molecule has 0 unspecified atom stereocenters. The summed E-state index contributed by atoms with van der Waals surface area (Å²) in [5.74, 6) is -1.14. The Bertz CT molecular complexity index is 772. The molecule has 0 saturated heterocycles. The average Bonchev–Trinajstić information content (AvgIpc) is 2.66.